The molecule has 2 aliphatic rings. The molecule has 2 aliphatic heterocycles. The molecule has 6 nitrogen and oxygen atoms in total. The molecular weight excluding hydrogens is 344 g/mol. The van der Waals surface area contributed by atoms with E-state index in [0.29, 0.717) is 43.5 Å². The van der Waals surface area contributed by atoms with Crippen molar-refractivity contribution in [2.24, 2.45) is 5.92 Å². The lowest BCUT2D eigenvalue weighted by Crippen LogP contribution is -2.45. The molecule has 0 spiro atoms. The number of rotatable bonds is 3. The Balaban J connectivity index is 1.78. The third-order valence-corrected chi connectivity index (χ3v) is 5.39. The van der Waals surface area contributed by atoms with E-state index in [9.17, 15) is 19.2 Å². The lowest BCUT2D eigenvalue weighted by atomic mass is 9.91. The average Bonchev–Trinajstić information content (AvgIpc) is 2.90. The zero-order chi connectivity index (χ0) is 19.9. The number of benzene rings is 1. The number of carbonyl (C=O) groups is 4. The number of amides is 3. The van der Waals surface area contributed by atoms with Crippen molar-refractivity contribution in [2.45, 2.75) is 52.5 Å². The highest BCUT2D eigenvalue weighted by Crippen LogP contribution is 2.30. The van der Waals surface area contributed by atoms with E-state index in [2.05, 4.69) is 0 Å². The molecule has 0 aliphatic carbocycles. The molecule has 0 N–H and O–H groups in total. The third kappa shape index (κ3) is 3.40. The van der Waals surface area contributed by atoms with Crippen LogP contribution in [0.1, 0.15) is 78.0 Å². The molecule has 2 heterocycles. The fourth-order valence-electron chi connectivity index (χ4n) is 3.86. The number of nitrogens with zero attached hydrogens (tertiary/aromatic N) is 2. The summed E-state index contributed by atoms with van der Waals surface area (Å²) >= 11 is 0. The first-order valence-corrected chi connectivity index (χ1v) is 9.50. The second-order valence-corrected chi connectivity index (χ2v) is 8.26. The minimum atomic E-state index is -0.620. The van der Waals surface area contributed by atoms with Gasteiger partial charge in [0.2, 0.25) is 0 Å². The number of imide groups is 1. The average molecular weight is 370 g/mol. The Bertz CT molecular complexity index is 814. The van der Waals surface area contributed by atoms with Crippen molar-refractivity contribution in [2.75, 3.05) is 13.1 Å². The summed E-state index contributed by atoms with van der Waals surface area (Å²) in [5, 5.41) is 0. The Hall–Kier alpha value is -2.50. The molecule has 3 rings (SSSR count). The summed E-state index contributed by atoms with van der Waals surface area (Å²) in [5.41, 5.74) is 0.423. The standard InChI is InChI=1S/C21H26N2O4/c1-5-17(24)13-8-10-22(11-9-13)18(25)14-6-7-15-16(12-14)20(27)23(19(15)26)21(2,3)4/h6-7,12-13H,5,8-11H2,1-4H3. The second-order valence-electron chi connectivity index (χ2n) is 8.26. The SMILES string of the molecule is CCC(=O)C1CCN(C(=O)c2ccc3c(c2)C(=O)N(C(C)(C)C)C3=O)CC1. The van der Waals surface area contributed by atoms with Gasteiger partial charge in [-0.2, -0.15) is 0 Å². The summed E-state index contributed by atoms with van der Waals surface area (Å²) in [4.78, 5) is 52.9. The van der Waals surface area contributed by atoms with Crippen molar-refractivity contribution in [1.29, 1.82) is 0 Å². The van der Waals surface area contributed by atoms with Crippen LogP contribution in [0.5, 0.6) is 0 Å². The summed E-state index contributed by atoms with van der Waals surface area (Å²) in [6, 6.07) is 4.72. The maximum atomic E-state index is 12.8. The molecule has 0 saturated carbocycles. The molecular formula is C21H26N2O4. The fourth-order valence-corrected chi connectivity index (χ4v) is 3.86. The summed E-state index contributed by atoms with van der Waals surface area (Å²) in [7, 11) is 0. The van der Waals surface area contributed by atoms with E-state index in [-0.39, 0.29) is 35.0 Å². The van der Waals surface area contributed by atoms with Crippen molar-refractivity contribution >= 4 is 23.5 Å². The van der Waals surface area contributed by atoms with E-state index < -0.39 is 5.54 Å². The van der Waals surface area contributed by atoms with Crippen molar-refractivity contribution in [3.05, 3.63) is 34.9 Å². The van der Waals surface area contributed by atoms with Gasteiger partial charge in [-0.1, -0.05) is 6.92 Å². The Morgan fingerprint density at radius 1 is 1.04 bits per heavy atom. The van der Waals surface area contributed by atoms with Crippen LogP contribution in [0.4, 0.5) is 0 Å². The Morgan fingerprint density at radius 2 is 1.63 bits per heavy atom. The van der Waals surface area contributed by atoms with Gasteiger partial charge in [-0.15, -0.1) is 0 Å². The predicted molar refractivity (Wildman–Crippen MR) is 101 cm³/mol. The molecule has 3 amide bonds. The first kappa shape index (κ1) is 19.3. The Labute approximate surface area is 159 Å². The first-order chi connectivity index (χ1) is 12.6. The number of hydrogen-bond donors (Lipinski definition) is 0. The van der Waals surface area contributed by atoms with Crippen LogP contribution in [0.2, 0.25) is 0 Å². The maximum absolute atomic E-state index is 12.8. The molecule has 1 aromatic carbocycles. The molecule has 1 aromatic rings. The van der Waals surface area contributed by atoms with E-state index in [1.165, 1.54) is 11.0 Å². The van der Waals surface area contributed by atoms with Gasteiger partial charge in [-0.05, 0) is 51.8 Å². The van der Waals surface area contributed by atoms with Crippen LogP contribution < -0.4 is 0 Å². The number of likely N-dealkylation sites (tertiary alicyclic amines) is 1. The van der Waals surface area contributed by atoms with Gasteiger partial charge in [0.15, 0.2) is 0 Å². The molecule has 0 radical (unpaired) electrons. The minimum Gasteiger partial charge on any atom is -0.339 e. The van der Waals surface area contributed by atoms with E-state index in [1.807, 2.05) is 27.7 Å². The molecule has 0 atom stereocenters. The maximum Gasteiger partial charge on any atom is 0.262 e. The molecule has 0 bridgehead atoms. The zero-order valence-electron chi connectivity index (χ0n) is 16.4. The predicted octanol–water partition coefficient (Wildman–Crippen LogP) is 2.91. The minimum absolute atomic E-state index is 0.0404. The highest BCUT2D eigenvalue weighted by Gasteiger charge is 2.42. The van der Waals surface area contributed by atoms with E-state index >= 15 is 0 Å². The van der Waals surface area contributed by atoms with Gasteiger partial charge in [0.25, 0.3) is 17.7 Å². The lowest BCUT2D eigenvalue weighted by molar-refractivity contribution is -0.123. The number of ketones is 1. The van der Waals surface area contributed by atoms with E-state index in [1.54, 1.807) is 17.0 Å². The smallest absolute Gasteiger partial charge is 0.262 e. The van der Waals surface area contributed by atoms with Crippen molar-refractivity contribution in [3.63, 3.8) is 0 Å². The number of fused-ring (bicyclic) bond motifs is 1. The molecule has 0 unspecified atom stereocenters. The van der Waals surface area contributed by atoms with E-state index in [0.717, 1.165) is 0 Å². The van der Waals surface area contributed by atoms with Crippen LogP contribution >= 0.6 is 0 Å². The van der Waals surface area contributed by atoms with Crippen LogP contribution in [0, 0.1) is 5.92 Å². The fraction of sp³-hybridized carbons (Fsp3) is 0.524. The van der Waals surface area contributed by atoms with Gasteiger partial charge in [0.05, 0.1) is 11.1 Å². The highest BCUT2D eigenvalue weighted by atomic mass is 16.2. The largest absolute Gasteiger partial charge is 0.339 e. The number of Topliss-reactive ketones (excluding diaryl/α,β-unsaturated/α-hetero) is 1. The molecule has 1 fully saturated rings. The topological polar surface area (TPSA) is 74.8 Å². The van der Waals surface area contributed by atoms with Gasteiger partial charge < -0.3 is 4.90 Å². The van der Waals surface area contributed by atoms with Gasteiger partial charge >= 0.3 is 0 Å². The third-order valence-electron chi connectivity index (χ3n) is 5.39. The number of carbonyl (C=O) groups excluding carboxylic acids is 4. The van der Waals surface area contributed by atoms with Crippen molar-refractivity contribution in [3.8, 4) is 0 Å². The van der Waals surface area contributed by atoms with E-state index in [4.69, 9.17) is 0 Å². The highest BCUT2D eigenvalue weighted by molar-refractivity contribution is 6.22. The van der Waals surface area contributed by atoms with Gasteiger partial charge in [0, 0.05) is 36.5 Å². The number of piperidine rings is 1. The van der Waals surface area contributed by atoms with Crippen LogP contribution in [0.3, 0.4) is 0 Å². The van der Waals surface area contributed by atoms with Gasteiger partial charge in [-0.25, -0.2) is 0 Å². The first-order valence-electron chi connectivity index (χ1n) is 9.50. The van der Waals surface area contributed by atoms with Gasteiger partial charge in [0.1, 0.15) is 5.78 Å². The number of hydrogen-bond acceptors (Lipinski definition) is 4. The van der Waals surface area contributed by atoms with Crippen LogP contribution in [0.25, 0.3) is 0 Å². The monoisotopic (exact) mass is 370 g/mol. The quantitative estimate of drug-likeness (QED) is 0.767. The summed E-state index contributed by atoms with van der Waals surface area (Å²) < 4.78 is 0. The summed E-state index contributed by atoms with van der Waals surface area (Å²) in [6.07, 6.45) is 1.89. The molecule has 0 aromatic heterocycles. The van der Waals surface area contributed by atoms with Crippen LogP contribution in [0.15, 0.2) is 18.2 Å². The van der Waals surface area contributed by atoms with Gasteiger partial charge in [-0.3, -0.25) is 24.1 Å². The van der Waals surface area contributed by atoms with Crippen molar-refractivity contribution in [1.82, 2.24) is 9.80 Å². The lowest BCUT2D eigenvalue weighted by Gasteiger charge is -2.31. The Morgan fingerprint density at radius 3 is 2.19 bits per heavy atom. The molecule has 144 valence electrons. The molecule has 27 heavy (non-hydrogen) atoms. The molecule has 1 saturated heterocycles. The molecule has 6 heteroatoms. The van der Waals surface area contributed by atoms with Crippen molar-refractivity contribution < 1.29 is 19.2 Å². The normalized spacial score (nSPS) is 18.1. The second kappa shape index (κ2) is 6.91. The zero-order valence-corrected chi connectivity index (χ0v) is 16.4. The Kier molecular flexibility index (Phi) is 4.93. The van der Waals surface area contributed by atoms with Crippen LogP contribution in [-0.2, 0) is 4.79 Å². The summed E-state index contributed by atoms with van der Waals surface area (Å²) in [5.74, 6) is -0.538. The van der Waals surface area contributed by atoms with Crippen LogP contribution in [-0.4, -0.2) is 51.9 Å². The summed E-state index contributed by atoms with van der Waals surface area (Å²) in [6.45, 7) is 8.36.